The summed E-state index contributed by atoms with van der Waals surface area (Å²) in [6.45, 7) is 2.65. The summed E-state index contributed by atoms with van der Waals surface area (Å²) in [4.78, 5) is 36.8. The third-order valence-electron chi connectivity index (χ3n) is 3.96. The number of carbonyl (C=O) groups is 3. The lowest BCUT2D eigenvalue weighted by Crippen LogP contribution is -2.46. The van der Waals surface area contributed by atoms with Gasteiger partial charge in [-0.3, -0.25) is 9.59 Å². The van der Waals surface area contributed by atoms with Gasteiger partial charge in [-0.05, 0) is 31.9 Å². The number of rotatable bonds is 5. The van der Waals surface area contributed by atoms with Crippen LogP contribution >= 0.6 is 11.6 Å². The largest absolute Gasteiger partial charge is 0.353 e. The summed E-state index contributed by atoms with van der Waals surface area (Å²) in [6.07, 6.45) is 1.92. The highest BCUT2D eigenvalue weighted by Gasteiger charge is 2.25. The van der Waals surface area contributed by atoms with Gasteiger partial charge < -0.3 is 15.0 Å². The smallest absolute Gasteiger partial charge is 0.255 e. The lowest BCUT2D eigenvalue weighted by Gasteiger charge is -2.32. The van der Waals surface area contributed by atoms with Crippen LogP contribution in [-0.4, -0.2) is 41.6 Å². The van der Waals surface area contributed by atoms with Crippen LogP contribution in [0.3, 0.4) is 0 Å². The number of Topliss-reactive ketones (excluding diaryl/α,β-unsaturated/α-hetero) is 1. The van der Waals surface area contributed by atoms with Crippen LogP contribution < -0.4 is 5.32 Å². The average molecular weight is 337 g/mol. The van der Waals surface area contributed by atoms with Gasteiger partial charge in [-0.25, -0.2) is 0 Å². The molecule has 6 heteroatoms. The first kappa shape index (κ1) is 17.5. The Labute approximate surface area is 141 Å². The molecule has 5 nitrogen and oxygen atoms in total. The minimum Gasteiger partial charge on any atom is -0.353 e. The van der Waals surface area contributed by atoms with Crippen molar-refractivity contribution in [3.8, 4) is 0 Å². The van der Waals surface area contributed by atoms with Gasteiger partial charge in [0.05, 0.1) is 10.6 Å². The monoisotopic (exact) mass is 336 g/mol. The van der Waals surface area contributed by atoms with Crippen LogP contribution in [0.5, 0.6) is 0 Å². The quantitative estimate of drug-likeness (QED) is 0.898. The SMILES string of the molecule is CC(=O)CCC(=O)NC1CCN(C(=O)c2ccccc2Cl)CC1. The van der Waals surface area contributed by atoms with Crippen molar-refractivity contribution < 1.29 is 14.4 Å². The van der Waals surface area contributed by atoms with Crippen molar-refractivity contribution in [2.45, 2.75) is 38.6 Å². The molecule has 0 atom stereocenters. The number of likely N-dealkylation sites (tertiary alicyclic amines) is 1. The van der Waals surface area contributed by atoms with E-state index in [9.17, 15) is 14.4 Å². The second kappa shape index (κ2) is 8.11. The number of ketones is 1. The van der Waals surface area contributed by atoms with E-state index in [0.29, 0.717) is 36.5 Å². The molecule has 0 unspecified atom stereocenters. The fourth-order valence-electron chi connectivity index (χ4n) is 2.62. The van der Waals surface area contributed by atoms with E-state index in [1.165, 1.54) is 6.92 Å². The van der Waals surface area contributed by atoms with E-state index in [0.717, 1.165) is 0 Å². The second-order valence-electron chi connectivity index (χ2n) is 5.82. The van der Waals surface area contributed by atoms with E-state index >= 15 is 0 Å². The highest BCUT2D eigenvalue weighted by Crippen LogP contribution is 2.20. The Morgan fingerprint density at radius 3 is 2.43 bits per heavy atom. The average Bonchev–Trinajstić information content (AvgIpc) is 2.53. The molecule has 1 N–H and O–H groups in total. The maximum absolute atomic E-state index is 12.4. The van der Waals surface area contributed by atoms with Crippen molar-refractivity contribution in [3.05, 3.63) is 34.9 Å². The number of nitrogens with one attached hydrogen (secondary N) is 1. The standard InChI is InChI=1S/C17H21ClN2O3/c1-12(21)6-7-16(22)19-13-8-10-20(11-9-13)17(23)14-4-2-3-5-15(14)18/h2-5,13H,6-11H2,1H3,(H,19,22). The Morgan fingerprint density at radius 2 is 1.83 bits per heavy atom. The Bertz CT molecular complexity index is 595. The Balaban J connectivity index is 1.82. The van der Waals surface area contributed by atoms with Gasteiger partial charge in [0.2, 0.25) is 5.91 Å². The van der Waals surface area contributed by atoms with Crippen LogP contribution in [0.2, 0.25) is 5.02 Å². The van der Waals surface area contributed by atoms with Gasteiger partial charge in [0.25, 0.3) is 5.91 Å². The van der Waals surface area contributed by atoms with Crippen molar-refractivity contribution in [2.75, 3.05) is 13.1 Å². The normalized spacial score (nSPS) is 15.3. The van der Waals surface area contributed by atoms with E-state index in [4.69, 9.17) is 11.6 Å². The van der Waals surface area contributed by atoms with Gasteiger partial charge >= 0.3 is 0 Å². The Hall–Kier alpha value is -1.88. The van der Waals surface area contributed by atoms with E-state index < -0.39 is 0 Å². The van der Waals surface area contributed by atoms with Crippen LogP contribution in [0.4, 0.5) is 0 Å². The number of piperidine rings is 1. The summed E-state index contributed by atoms with van der Waals surface area (Å²) in [5, 5.41) is 3.39. The summed E-state index contributed by atoms with van der Waals surface area (Å²) >= 11 is 6.06. The van der Waals surface area contributed by atoms with E-state index in [2.05, 4.69) is 5.32 Å². The predicted molar refractivity (Wildman–Crippen MR) is 88.4 cm³/mol. The molecule has 1 aliphatic rings. The number of carbonyl (C=O) groups excluding carboxylic acids is 3. The second-order valence-corrected chi connectivity index (χ2v) is 6.22. The number of halogens is 1. The topological polar surface area (TPSA) is 66.5 Å². The molecule has 2 amide bonds. The molecule has 0 radical (unpaired) electrons. The highest BCUT2D eigenvalue weighted by molar-refractivity contribution is 6.33. The number of nitrogens with zero attached hydrogens (tertiary/aromatic N) is 1. The predicted octanol–water partition coefficient (Wildman–Crippen LogP) is 2.43. The summed E-state index contributed by atoms with van der Waals surface area (Å²) < 4.78 is 0. The molecule has 0 spiro atoms. The van der Waals surface area contributed by atoms with Crippen LogP contribution in [0.1, 0.15) is 43.0 Å². The van der Waals surface area contributed by atoms with Crippen LogP contribution in [0, 0.1) is 0 Å². The zero-order valence-corrected chi connectivity index (χ0v) is 13.9. The lowest BCUT2D eigenvalue weighted by atomic mass is 10.0. The molecule has 1 fully saturated rings. The van der Waals surface area contributed by atoms with Gasteiger partial charge in [0.1, 0.15) is 5.78 Å². The van der Waals surface area contributed by atoms with E-state index in [1.54, 1.807) is 29.2 Å². The van der Waals surface area contributed by atoms with Crippen molar-refractivity contribution >= 4 is 29.2 Å². The molecular formula is C17H21ClN2O3. The van der Waals surface area contributed by atoms with Crippen molar-refractivity contribution in [2.24, 2.45) is 0 Å². The number of hydrogen-bond donors (Lipinski definition) is 1. The van der Waals surface area contributed by atoms with Gasteiger partial charge in [0.15, 0.2) is 0 Å². The zero-order chi connectivity index (χ0) is 16.8. The van der Waals surface area contributed by atoms with Crippen molar-refractivity contribution in [1.29, 1.82) is 0 Å². The molecular weight excluding hydrogens is 316 g/mol. The third-order valence-corrected chi connectivity index (χ3v) is 4.29. The third kappa shape index (κ3) is 5.06. The first-order chi connectivity index (χ1) is 11.0. The minimum absolute atomic E-state index is 0.0142. The Kier molecular flexibility index (Phi) is 6.16. The van der Waals surface area contributed by atoms with Gasteiger partial charge in [0, 0.05) is 32.0 Å². The van der Waals surface area contributed by atoms with Gasteiger partial charge in [-0.15, -0.1) is 0 Å². The molecule has 1 aromatic rings. The molecule has 1 aromatic carbocycles. The van der Waals surface area contributed by atoms with Gasteiger partial charge in [-0.2, -0.15) is 0 Å². The van der Waals surface area contributed by atoms with Crippen LogP contribution in [-0.2, 0) is 9.59 Å². The maximum Gasteiger partial charge on any atom is 0.255 e. The molecule has 0 saturated carbocycles. The maximum atomic E-state index is 12.4. The first-order valence-electron chi connectivity index (χ1n) is 7.80. The molecule has 2 rings (SSSR count). The molecule has 0 bridgehead atoms. The molecule has 0 aromatic heterocycles. The summed E-state index contributed by atoms with van der Waals surface area (Å²) in [7, 11) is 0. The lowest BCUT2D eigenvalue weighted by molar-refractivity contribution is -0.125. The number of amides is 2. The summed E-state index contributed by atoms with van der Waals surface area (Å²) in [6, 6.07) is 7.07. The minimum atomic E-state index is -0.101. The molecule has 1 aliphatic heterocycles. The number of hydrogen-bond acceptors (Lipinski definition) is 3. The fourth-order valence-corrected chi connectivity index (χ4v) is 2.84. The fraction of sp³-hybridized carbons (Fsp3) is 0.471. The van der Waals surface area contributed by atoms with Crippen molar-refractivity contribution in [3.63, 3.8) is 0 Å². The Morgan fingerprint density at radius 1 is 1.17 bits per heavy atom. The molecule has 23 heavy (non-hydrogen) atoms. The van der Waals surface area contributed by atoms with E-state index in [1.807, 2.05) is 0 Å². The highest BCUT2D eigenvalue weighted by atomic mass is 35.5. The zero-order valence-electron chi connectivity index (χ0n) is 13.2. The van der Waals surface area contributed by atoms with E-state index in [-0.39, 0.29) is 36.5 Å². The van der Waals surface area contributed by atoms with Gasteiger partial charge in [-0.1, -0.05) is 23.7 Å². The van der Waals surface area contributed by atoms with Crippen LogP contribution in [0.15, 0.2) is 24.3 Å². The summed E-state index contributed by atoms with van der Waals surface area (Å²) in [5.74, 6) is -0.159. The molecule has 0 aliphatic carbocycles. The summed E-state index contributed by atoms with van der Waals surface area (Å²) in [5.41, 5.74) is 0.512. The molecule has 1 heterocycles. The number of benzene rings is 1. The molecule has 1 saturated heterocycles. The van der Waals surface area contributed by atoms with Crippen LogP contribution in [0.25, 0.3) is 0 Å². The first-order valence-corrected chi connectivity index (χ1v) is 8.18. The van der Waals surface area contributed by atoms with Crippen molar-refractivity contribution in [1.82, 2.24) is 10.2 Å². The molecule has 124 valence electrons.